The van der Waals surface area contributed by atoms with E-state index in [-0.39, 0.29) is 6.42 Å². The molecule has 2 aromatic rings. The summed E-state index contributed by atoms with van der Waals surface area (Å²) >= 11 is 0. The number of benzene rings is 2. The van der Waals surface area contributed by atoms with E-state index in [1.54, 1.807) is 31.2 Å². The van der Waals surface area contributed by atoms with E-state index in [1.807, 2.05) is 36.4 Å². The molecule has 2 aromatic carbocycles. The van der Waals surface area contributed by atoms with E-state index < -0.39 is 47.1 Å². The van der Waals surface area contributed by atoms with Crippen LogP contribution in [0.15, 0.2) is 60.7 Å². The minimum Gasteiger partial charge on any atom is -0.264 e. The van der Waals surface area contributed by atoms with Gasteiger partial charge in [0.1, 0.15) is 0 Å². The van der Waals surface area contributed by atoms with Crippen molar-refractivity contribution in [1.82, 2.24) is 0 Å². The van der Waals surface area contributed by atoms with Crippen LogP contribution < -0.4 is 10.6 Å². The van der Waals surface area contributed by atoms with Crippen molar-refractivity contribution in [3.8, 4) is 0 Å². The zero-order chi connectivity index (χ0) is 20.8. The summed E-state index contributed by atoms with van der Waals surface area (Å²) in [5, 5.41) is 0.468. The van der Waals surface area contributed by atoms with Gasteiger partial charge in [0.2, 0.25) is 0 Å². The van der Waals surface area contributed by atoms with Gasteiger partial charge in [-0.1, -0.05) is 67.6 Å². The summed E-state index contributed by atoms with van der Waals surface area (Å²) in [4.78, 5) is 0. The minimum absolute atomic E-state index is 0.244. The number of rotatable bonds is 10. The van der Waals surface area contributed by atoms with E-state index in [0.29, 0.717) is 0 Å². The van der Waals surface area contributed by atoms with Crippen molar-refractivity contribution in [2.24, 2.45) is 0 Å². The third kappa shape index (κ3) is 6.59. The first-order valence-electron chi connectivity index (χ1n) is 8.20. The van der Waals surface area contributed by atoms with Gasteiger partial charge in [-0.25, -0.2) is 8.37 Å². The van der Waals surface area contributed by atoms with Crippen molar-refractivity contribution in [3.05, 3.63) is 60.7 Å². The average molecular weight is 448 g/mol. The minimum atomic E-state index is -4.78. The molecule has 11 heteroatoms. The van der Waals surface area contributed by atoms with E-state index in [0.717, 1.165) is 10.6 Å². The largest absolute Gasteiger partial charge is 0.397 e. The maximum atomic E-state index is 11.2. The second-order valence-corrected chi connectivity index (χ2v) is 10.8. The van der Waals surface area contributed by atoms with Crippen LogP contribution in [0.5, 0.6) is 0 Å². The molecule has 28 heavy (non-hydrogen) atoms. The highest BCUT2D eigenvalue weighted by molar-refractivity contribution is 7.81. The molecule has 154 valence electrons. The van der Waals surface area contributed by atoms with Crippen LogP contribution in [0.4, 0.5) is 0 Å². The lowest BCUT2D eigenvalue weighted by Gasteiger charge is -2.39. The first-order chi connectivity index (χ1) is 13.1. The molecular weight excluding hydrogens is 427 g/mol. The van der Waals surface area contributed by atoms with E-state index in [4.69, 9.17) is 9.11 Å². The van der Waals surface area contributed by atoms with Gasteiger partial charge in [-0.2, -0.15) is 16.8 Å². The SMILES string of the molecule is CCC(COS(=O)(=O)O)(COS(=O)(=O)O)P(c1ccccc1)c1ccccc1. The molecule has 0 heterocycles. The Morgan fingerprint density at radius 2 is 1.14 bits per heavy atom. The van der Waals surface area contributed by atoms with Crippen LogP contribution in [0.25, 0.3) is 0 Å². The second kappa shape index (κ2) is 9.41. The summed E-state index contributed by atoms with van der Waals surface area (Å²) in [6.07, 6.45) is 0.244. The summed E-state index contributed by atoms with van der Waals surface area (Å²) in [6.45, 7) is 0.655. The third-order valence-corrected chi connectivity index (χ3v) is 8.10. The van der Waals surface area contributed by atoms with Crippen molar-refractivity contribution < 1.29 is 34.3 Å². The van der Waals surface area contributed by atoms with E-state index >= 15 is 0 Å². The van der Waals surface area contributed by atoms with Crippen LogP contribution in [0.3, 0.4) is 0 Å². The lowest BCUT2D eigenvalue weighted by molar-refractivity contribution is 0.175. The van der Waals surface area contributed by atoms with Crippen molar-refractivity contribution >= 4 is 39.3 Å². The molecule has 2 N–H and O–H groups in total. The standard InChI is InChI=1S/C17H21O8PS2/c1-2-17(13-24-27(18,19)20,14-25-28(21,22)23)26(15-9-5-3-6-10-15)16-11-7-4-8-12-16/h3-12H,2,13-14H2,1H3,(H,18,19,20)(H,21,22,23). The van der Waals surface area contributed by atoms with Crippen LogP contribution >= 0.6 is 7.92 Å². The molecule has 0 saturated carbocycles. The molecule has 0 unspecified atom stereocenters. The molecule has 0 aliphatic heterocycles. The van der Waals surface area contributed by atoms with Crippen molar-refractivity contribution in [3.63, 3.8) is 0 Å². The number of hydrogen-bond acceptors (Lipinski definition) is 6. The molecule has 0 spiro atoms. The monoisotopic (exact) mass is 448 g/mol. The van der Waals surface area contributed by atoms with Gasteiger partial charge in [0.25, 0.3) is 0 Å². The Hall–Kier alpha value is -1.39. The Kier molecular flexibility index (Phi) is 7.69. The first-order valence-corrected chi connectivity index (χ1v) is 12.3. The molecule has 2 rings (SSSR count). The van der Waals surface area contributed by atoms with Gasteiger partial charge in [-0.3, -0.25) is 9.11 Å². The van der Waals surface area contributed by atoms with Crippen LogP contribution in [-0.2, 0) is 29.2 Å². The van der Waals surface area contributed by atoms with Gasteiger partial charge in [0, 0.05) is 5.16 Å². The molecule has 0 saturated heterocycles. The molecule has 0 aliphatic carbocycles. The van der Waals surface area contributed by atoms with Gasteiger partial charge >= 0.3 is 20.8 Å². The number of hydrogen-bond donors (Lipinski definition) is 2. The highest BCUT2D eigenvalue weighted by Gasteiger charge is 2.42. The average Bonchev–Trinajstić information content (AvgIpc) is 2.64. The van der Waals surface area contributed by atoms with Crippen LogP contribution in [-0.4, -0.2) is 44.3 Å². The molecule has 0 radical (unpaired) electrons. The molecule has 0 aromatic heterocycles. The van der Waals surface area contributed by atoms with Crippen LogP contribution in [0, 0.1) is 0 Å². The first kappa shape index (κ1) is 22.9. The molecule has 0 fully saturated rings. The lowest BCUT2D eigenvalue weighted by atomic mass is 10.1. The lowest BCUT2D eigenvalue weighted by Crippen LogP contribution is -2.44. The van der Waals surface area contributed by atoms with Crippen molar-refractivity contribution in [2.75, 3.05) is 13.2 Å². The maximum absolute atomic E-state index is 11.2. The van der Waals surface area contributed by atoms with Crippen LogP contribution in [0.2, 0.25) is 0 Å². The van der Waals surface area contributed by atoms with Gasteiger partial charge in [0.05, 0.1) is 13.2 Å². The molecule has 0 bridgehead atoms. The summed E-state index contributed by atoms with van der Waals surface area (Å²) in [5.41, 5.74) is 0. The Morgan fingerprint density at radius 3 is 1.43 bits per heavy atom. The Bertz CT molecular complexity index is 887. The molecule has 0 atom stereocenters. The molecule has 0 amide bonds. The second-order valence-electron chi connectivity index (χ2n) is 5.96. The predicted molar refractivity (Wildman–Crippen MR) is 107 cm³/mol. The molecule has 0 aliphatic rings. The summed E-state index contributed by atoms with van der Waals surface area (Å²) in [7, 11) is -11.0. The van der Waals surface area contributed by atoms with Gasteiger partial charge in [0.15, 0.2) is 0 Å². The van der Waals surface area contributed by atoms with Crippen molar-refractivity contribution in [2.45, 2.75) is 18.5 Å². The summed E-state index contributed by atoms with van der Waals surface area (Å²) in [6, 6.07) is 18.2. The van der Waals surface area contributed by atoms with Crippen LogP contribution in [0.1, 0.15) is 13.3 Å². The van der Waals surface area contributed by atoms with Crippen molar-refractivity contribution in [1.29, 1.82) is 0 Å². The van der Waals surface area contributed by atoms with Gasteiger partial charge in [-0.15, -0.1) is 0 Å². The van der Waals surface area contributed by atoms with E-state index in [9.17, 15) is 16.8 Å². The van der Waals surface area contributed by atoms with E-state index in [2.05, 4.69) is 8.37 Å². The maximum Gasteiger partial charge on any atom is 0.397 e. The topological polar surface area (TPSA) is 127 Å². The fourth-order valence-corrected chi connectivity index (χ4v) is 6.71. The fraction of sp³-hybridized carbons (Fsp3) is 0.294. The predicted octanol–water partition coefficient (Wildman–Crippen LogP) is 1.91. The third-order valence-electron chi connectivity index (χ3n) is 4.11. The zero-order valence-corrected chi connectivity index (χ0v) is 17.5. The highest BCUT2D eigenvalue weighted by Crippen LogP contribution is 2.50. The summed E-state index contributed by atoms with van der Waals surface area (Å²) in [5.74, 6) is 0. The van der Waals surface area contributed by atoms with E-state index in [1.165, 1.54) is 0 Å². The zero-order valence-electron chi connectivity index (χ0n) is 15.0. The Labute approximate surface area is 166 Å². The van der Waals surface area contributed by atoms with Gasteiger partial charge < -0.3 is 0 Å². The Balaban J connectivity index is 2.62. The smallest absolute Gasteiger partial charge is 0.264 e. The molecular formula is C17H21O8PS2. The quantitative estimate of drug-likeness (QED) is 0.417. The fourth-order valence-electron chi connectivity index (χ4n) is 2.75. The summed E-state index contributed by atoms with van der Waals surface area (Å²) < 4.78 is 72.4. The molecule has 8 nitrogen and oxygen atoms in total. The Morgan fingerprint density at radius 1 is 0.786 bits per heavy atom. The van der Waals surface area contributed by atoms with Gasteiger partial charge in [-0.05, 0) is 25.0 Å². The highest BCUT2D eigenvalue weighted by atomic mass is 32.3. The normalized spacial score (nSPS) is 13.0.